The van der Waals surface area contributed by atoms with Crippen LogP contribution in [0.5, 0.6) is 0 Å². The first-order chi connectivity index (χ1) is 61.6. The van der Waals surface area contributed by atoms with Crippen molar-refractivity contribution >= 4 is 11.4 Å². The van der Waals surface area contributed by atoms with Gasteiger partial charge in [0.2, 0.25) is 11.4 Å². The second kappa shape index (κ2) is 98.0. The minimum absolute atomic E-state index is 0.935. The third-order valence-corrected chi connectivity index (χ3v) is 29.1. The van der Waals surface area contributed by atoms with E-state index in [-0.39, 0.29) is 0 Å². The Balaban J connectivity index is 0.000000982. The van der Waals surface area contributed by atoms with Crippen molar-refractivity contribution in [3.05, 3.63) is 112 Å². The quantitative estimate of drug-likeness (QED) is 0.0358. The van der Waals surface area contributed by atoms with E-state index in [0.29, 0.717) is 0 Å². The molecule has 724 valence electrons. The summed E-state index contributed by atoms with van der Waals surface area (Å²) in [7, 11) is 0. The van der Waals surface area contributed by atoms with Gasteiger partial charge in [0.1, 0.15) is 0 Å². The monoisotopic (exact) mass is 1760 g/mol. The molecule has 0 saturated carbocycles. The molecule has 0 bridgehead atoms. The second-order valence-electron chi connectivity index (χ2n) is 39.9. The summed E-state index contributed by atoms with van der Waals surface area (Å²) in [4.78, 5) is 0. The molecule has 124 heavy (non-hydrogen) atoms. The topological polar surface area (TPSA) is 25.3 Å². The number of nitrogens with zero attached hydrogens (tertiary/aromatic N) is 2. The van der Waals surface area contributed by atoms with Gasteiger partial charge in [-0.2, -0.15) is 0 Å². The van der Waals surface area contributed by atoms with Gasteiger partial charge in [-0.15, -0.1) is 0 Å². The van der Waals surface area contributed by atoms with E-state index >= 15 is 0 Å². The van der Waals surface area contributed by atoms with Gasteiger partial charge in [0, 0.05) is 11.1 Å². The van der Waals surface area contributed by atoms with Crippen molar-refractivity contribution in [2.24, 2.45) is 0 Å². The zero-order chi connectivity index (χ0) is 88.6. The van der Waals surface area contributed by atoms with Crippen molar-refractivity contribution in [1.29, 1.82) is 0 Å². The van der Waals surface area contributed by atoms with Crippen LogP contribution in [0.4, 0.5) is 0 Å². The van der Waals surface area contributed by atoms with Crippen LogP contribution in [0.25, 0.3) is 16.9 Å². The van der Waals surface area contributed by atoms with Gasteiger partial charge in [-0.05, 0) is 86.8 Å². The Kier molecular flexibility index (Phi) is 92.9. The predicted molar refractivity (Wildman–Crippen MR) is 560 cm³/mol. The average Bonchev–Trinajstić information content (AvgIpc) is 1.61. The summed E-state index contributed by atoms with van der Waals surface area (Å²) in [6.45, 7) is 13.8. The molecule has 0 radical (unpaired) electrons. The SMILES string of the molecule is CCCCCCCCCCCCCCCCCCCC=CC1=C(c2cccc(CCCC)c2)[N+](=[N-])C(c2cccc(CCCCCCCCCC)c2)=C1C=CCCCCCCCCCCCCCCCCCCCCCCCC.CCCCCCCCCCCCCCCCCCCCC[CH2][Ni][CH2]CCCCCCCCCCCCCCCCCCCCC. The maximum absolute atomic E-state index is 12.6. The van der Waals surface area contributed by atoms with Crippen molar-refractivity contribution in [3.8, 4) is 0 Å². The number of benzene rings is 2. The summed E-state index contributed by atoms with van der Waals surface area (Å²) in [5, 5.41) is 2.87. The van der Waals surface area contributed by atoms with Crippen LogP contribution in [0.15, 0.2) is 84.0 Å². The van der Waals surface area contributed by atoms with E-state index in [9.17, 15) is 5.53 Å². The Labute approximate surface area is 786 Å². The van der Waals surface area contributed by atoms with E-state index < -0.39 is 0 Å². The molecule has 0 aliphatic carbocycles. The molecule has 3 heteroatoms. The van der Waals surface area contributed by atoms with Gasteiger partial charge in [-0.3, -0.25) is 0 Å². The van der Waals surface area contributed by atoms with Crippen LogP contribution >= 0.6 is 0 Å². The standard InChI is InChI=1S/C77H130N2.2C22H45.Ni/c1-5-9-13-16-19-22-24-26-28-30-32-33-34-35-36-38-40-42-44-46-48-51-54-57-67-75-74(66-56-53-50-47-45-43-41-39-37-31-29-27-25-23-20-17-14-10-6-2)76(72-64-58-62-70(68-72)60-12-8-4)79(78)77(75)73-65-59-63-71(69-73)61-55-52-49-21-18-15-11-7-3;2*1-3-5-7-9-11-13-15-17-19-21-22-20-18-16-14-12-10-8-6-4-2;/h56-59,62-69H,5-55,60-61H2,1-4H3;2*1,3-22H2,2H3;. The van der Waals surface area contributed by atoms with Crippen molar-refractivity contribution in [1.82, 2.24) is 0 Å². The fraction of sp³-hybridized carbons (Fsp3) is 0.835. The van der Waals surface area contributed by atoms with Crippen LogP contribution in [-0.4, -0.2) is 4.70 Å². The summed E-state index contributed by atoms with van der Waals surface area (Å²) >= 11 is 2.05. The fourth-order valence-electron chi connectivity index (χ4n) is 19.2. The second-order valence-corrected chi connectivity index (χ2v) is 41.4. The van der Waals surface area contributed by atoms with Crippen molar-refractivity contribution in [2.75, 3.05) is 0 Å². The fourth-order valence-corrected chi connectivity index (χ4v) is 20.5. The third-order valence-electron chi connectivity index (χ3n) is 27.7. The number of hydrogen-bond donors (Lipinski definition) is 0. The number of aryl methyl sites for hydroxylation is 2. The van der Waals surface area contributed by atoms with Gasteiger partial charge in [0.25, 0.3) is 0 Å². The minimum atomic E-state index is 0.935. The molecule has 0 aromatic heterocycles. The third kappa shape index (κ3) is 76.1. The number of allylic oxidation sites excluding steroid dienone is 6. The Morgan fingerprint density at radius 2 is 0.387 bits per heavy atom. The first-order valence-corrected chi connectivity index (χ1v) is 58.9. The van der Waals surface area contributed by atoms with Crippen molar-refractivity contribution in [3.63, 3.8) is 0 Å². The van der Waals surface area contributed by atoms with Gasteiger partial charge < -0.3 is 5.53 Å². The van der Waals surface area contributed by atoms with Crippen LogP contribution in [0.2, 0.25) is 10.8 Å². The zero-order valence-corrected chi connectivity index (χ0v) is 86.3. The summed E-state index contributed by atoms with van der Waals surface area (Å²) in [5.74, 6) is 0. The van der Waals surface area contributed by atoms with Gasteiger partial charge in [-0.25, -0.2) is 4.70 Å². The Hall–Kier alpha value is -2.51. The average molecular weight is 1760 g/mol. The van der Waals surface area contributed by atoms with E-state index in [2.05, 4.69) is 114 Å². The van der Waals surface area contributed by atoms with Crippen molar-refractivity contribution < 1.29 is 19.1 Å². The zero-order valence-electron chi connectivity index (χ0n) is 85.3. The summed E-state index contributed by atoms with van der Waals surface area (Å²) < 4.78 is 1.57. The van der Waals surface area contributed by atoms with Crippen LogP contribution in [0.1, 0.15) is 648 Å². The molecule has 1 aliphatic rings. The molecule has 1 aliphatic heterocycles. The van der Waals surface area contributed by atoms with Crippen LogP contribution in [0, 0.1) is 0 Å². The van der Waals surface area contributed by atoms with Crippen LogP contribution in [-0.2, 0) is 27.3 Å². The van der Waals surface area contributed by atoms with Gasteiger partial charge in [0.05, 0.1) is 11.1 Å². The van der Waals surface area contributed by atoms with E-state index in [4.69, 9.17) is 0 Å². The smallest absolute Gasteiger partial charge is 0.0654 e. The van der Waals surface area contributed by atoms with Gasteiger partial charge in [-0.1, -0.05) is 495 Å². The number of unbranched alkanes of at least 4 members (excludes halogenated alkanes) is 85. The maximum atomic E-state index is 12.6. The van der Waals surface area contributed by atoms with E-state index in [0.717, 1.165) is 59.4 Å². The Morgan fingerprint density at radius 1 is 0.210 bits per heavy atom. The summed E-state index contributed by atoms with van der Waals surface area (Å²) in [6.07, 6.45) is 141. The molecule has 0 amide bonds. The Bertz CT molecular complexity index is 2570. The molecule has 0 unspecified atom stereocenters. The van der Waals surface area contributed by atoms with Crippen LogP contribution in [0.3, 0.4) is 0 Å². The predicted octanol–water partition coefficient (Wildman–Crippen LogP) is 44.6. The number of rotatable bonds is 99. The molecule has 3 rings (SSSR count). The molecule has 1 heterocycles. The first kappa shape index (κ1) is 118. The number of hydrogen-bond acceptors (Lipinski definition) is 0. The molecular weight excluding hydrogens is 1540 g/mol. The van der Waals surface area contributed by atoms with Crippen LogP contribution < -0.4 is 0 Å². The van der Waals surface area contributed by atoms with Gasteiger partial charge in [0.15, 0.2) is 0 Å². The molecule has 2 aromatic rings. The van der Waals surface area contributed by atoms with E-state index in [1.54, 1.807) is 4.70 Å². The summed E-state index contributed by atoms with van der Waals surface area (Å²) in [6, 6.07) is 18.2. The van der Waals surface area contributed by atoms with E-state index in [1.807, 2.05) is 14.4 Å². The molecule has 0 fully saturated rings. The normalized spacial score (nSPS) is 12.5. The molecule has 0 saturated heterocycles. The van der Waals surface area contributed by atoms with E-state index in [1.165, 1.54) is 593 Å². The molecule has 0 spiro atoms. The molecule has 2 aromatic carbocycles. The first-order valence-electron chi connectivity index (χ1n) is 57.5. The van der Waals surface area contributed by atoms with Crippen molar-refractivity contribution in [2.45, 2.75) is 649 Å². The molecule has 0 atom stereocenters. The Morgan fingerprint density at radius 3 is 0.597 bits per heavy atom. The molecule has 2 nitrogen and oxygen atoms in total. The molecular formula is C121H220N2Ni. The summed E-state index contributed by atoms with van der Waals surface area (Å²) in [5.41, 5.74) is 21.8. The molecule has 0 N–H and O–H groups in total. The van der Waals surface area contributed by atoms with Gasteiger partial charge >= 0.3 is 166 Å². The minimum Gasteiger partial charge on any atom is -0.0654 e.